The number of nitrogens with one attached hydrogen (secondary N) is 1. The molecule has 0 saturated carbocycles. The predicted molar refractivity (Wildman–Crippen MR) is 59.9 cm³/mol. The maximum absolute atomic E-state index is 10.9. The van der Waals surface area contributed by atoms with Crippen molar-refractivity contribution >= 4 is 6.21 Å². The lowest BCUT2D eigenvalue weighted by Crippen LogP contribution is -2.26. The molecule has 1 N–H and O–H groups in total. The molecule has 0 aliphatic carbocycles. The Bertz CT molecular complexity index is 336. The quantitative estimate of drug-likeness (QED) is 0.327. The molecule has 0 saturated heterocycles. The number of unbranched alkanes of at least 4 members (excludes halogenated alkanes) is 3. The van der Waals surface area contributed by atoms with Crippen molar-refractivity contribution in [2.45, 2.75) is 39.5 Å². The molecule has 0 amide bonds. The van der Waals surface area contributed by atoms with Crippen LogP contribution in [0.3, 0.4) is 0 Å². The van der Waals surface area contributed by atoms with Crippen LogP contribution in [0.1, 0.15) is 44.0 Å². The van der Waals surface area contributed by atoms with E-state index in [4.69, 9.17) is 0 Å². The van der Waals surface area contributed by atoms with Gasteiger partial charge in [0, 0.05) is 18.6 Å². The Morgan fingerprint density at radius 2 is 2.31 bits per heavy atom. The van der Waals surface area contributed by atoms with Gasteiger partial charge in [-0.1, -0.05) is 26.2 Å². The summed E-state index contributed by atoms with van der Waals surface area (Å²) in [4.78, 5) is 0.364. The van der Waals surface area contributed by atoms with E-state index in [9.17, 15) is 5.21 Å². The highest BCUT2D eigenvalue weighted by Gasteiger charge is 2.10. The zero-order valence-corrected chi connectivity index (χ0v) is 9.77. The van der Waals surface area contributed by atoms with Crippen molar-refractivity contribution in [2.75, 3.05) is 6.54 Å². The highest BCUT2D eigenvalue weighted by Crippen LogP contribution is 1.97. The summed E-state index contributed by atoms with van der Waals surface area (Å²) in [6.07, 6.45) is 6.29. The standard InChI is InChI=1S/C10H18N4O2/c1-3-4-5-6-7-11-12-8-10-9(2)14(15)16-13-10/h8,11H,3-7H2,1-2H3/b12-8+. The van der Waals surface area contributed by atoms with Gasteiger partial charge in [0.2, 0.25) is 5.69 Å². The van der Waals surface area contributed by atoms with Gasteiger partial charge in [0.25, 0.3) is 5.69 Å². The van der Waals surface area contributed by atoms with E-state index in [0.717, 1.165) is 13.0 Å². The van der Waals surface area contributed by atoms with Gasteiger partial charge in [0.05, 0.1) is 0 Å². The molecule has 1 rings (SSSR count). The second-order valence-corrected chi connectivity index (χ2v) is 3.63. The molecule has 0 aliphatic heterocycles. The van der Waals surface area contributed by atoms with E-state index in [1.807, 2.05) is 0 Å². The Morgan fingerprint density at radius 1 is 1.50 bits per heavy atom. The van der Waals surface area contributed by atoms with E-state index in [0.29, 0.717) is 16.3 Å². The molecular formula is C10H18N4O2. The predicted octanol–water partition coefficient (Wildman–Crippen LogP) is 1.12. The van der Waals surface area contributed by atoms with Crippen molar-refractivity contribution in [1.82, 2.24) is 10.6 Å². The topological polar surface area (TPSA) is 77.4 Å². The first-order chi connectivity index (χ1) is 7.75. The van der Waals surface area contributed by atoms with Gasteiger partial charge in [-0.25, -0.2) is 0 Å². The summed E-state index contributed by atoms with van der Waals surface area (Å²) in [5.41, 5.74) is 3.77. The molecule has 0 fully saturated rings. The van der Waals surface area contributed by atoms with Crippen LogP contribution < -0.4 is 10.3 Å². The van der Waals surface area contributed by atoms with Crippen molar-refractivity contribution < 1.29 is 9.53 Å². The van der Waals surface area contributed by atoms with Crippen LogP contribution in [0.5, 0.6) is 0 Å². The fourth-order valence-corrected chi connectivity index (χ4v) is 1.22. The van der Waals surface area contributed by atoms with Crippen LogP contribution in [0.25, 0.3) is 0 Å². The van der Waals surface area contributed by atoms with Gasteiger partial charge in [-0.05, 0) is 11.3 Å². The SMILES string of the molecule is CCCCCCN/N=C/c1no[n+]([O-])c1C. The maximum atomic E-state index is 10.9. The van der Waals surface area contributed by atoms with Crippen molar-refractivity contribution in [1.29, 1.82) is 0 Å². The summed E-state index contributed by atoms with van der Waals surface area (Å²) in [7, 11) is 0. The first kappa shape index (κ1) is 12.5. The summed E-state index contributed by atoms with van der Waals surface area (Å²) in [6, 6.07) is 0. The second kappa shape index (κ2) is 6.81. The van der Waals surface area contributed by atoms with Gasteiger partial charge in [-0.15, -0.1) is 0 Å². The fraction of sp³-hybridized carbons (Fsp3) is 0.700. The first-order valence-corrected chi connectivity index (χ1v) is 5.58. The zero-order valence-electron chi connectivity index (χ0n) is 9.77. The van der Waals surface area contributed by atoms with Crippen LogP contribution >= 0.6 is 0 Å². The van der Waals surface area contributed by atoms with Gasteiger partial charge in [0.15, 0.2) is 0 Å². The third-order valence-electron chi connectivity index (χ3n) is 2.28. The van der Waals surface area contributed by atoms with Crippen LogP contribution in [0.4, 0.5) is 0 Å². The van der Waals surface area contributed by atoms with Gasteiger partial charge < -0.3 is 10.6 Å². The van der Waals surface area contributed by atoms with Crippen molar-refractivity contribution in [3.63, 3.8) is 0 Å². The largest absolute Gasteiger partial charge is 0.359 e. The molecule has 16 heavy (non-hydrogen) atoms. The summed E-state index contributed by atoms with van der Waals surface area (Å²) < 4.78 is 4.40. The average Bonchev–Trinajstić information content (AvgIpc) is 2.59. The third kappa shape index (κ3) is 3.88. The molecule has 0 atom stereocenters. The van der Waals surface area contributed by atoms with E-state index < -0.39 is 0 Å². The molecule has 0 bridgehead atoms. The first-order valence-electron chi connectivity index (χ1n) is 5.58. The Kier molecular flexibility index (Phi) is 5.31. The lowest BCUT2D eigenvalue weighted by atomic mass is 10.2. The molecule has 1 aromatic heterocycles. The Balaban J connectivity index is 2.20. The third-order valence-corrected chi connectivity index (χ3v) is 2.28. The molecule has 6 heteroatoms. The molecule has 1 aromatic rings. The smallest absolute Gasteiger partial charge is 0.263 e. The van der Waals surface area contributed by atoms with Gasteiger partial charge in [0.1, 0.15) is 6.21 Å². The van der Waals surface area contributed by atoms with E-state index in [2.05, 4.69) is 27.2 Å². The number of hydrogen-bond donors (Lipinski definition) is 1. The molecule has 0 spiro atoms. The molecule has 1 heterocycles. The monoisotopic (exact) mass is 226 g/mol. The Morgan fingerprint density at radius 3 is 2.94 bits per heavy atom. The molecular weight excluding hydrogens is 208 g/mol. The summed E-state index contributed by atoms with van der Waals surface area (Å²) in [5.74, 6) is 0. The van der Waals surface area contributed by atoms with Crippen molar-refractivity contribution in [3.8, 4) is 0 Å². The van der Waals surface area contributed by atoms with E-state index in [1.54, 1.807) is 6.92 Å². The van der Waals surface area contributed by atoms with Crippen LogP contribution in [-0.2, 0) is 0 Å². The van der Waals surface area contributed by atoms with Crippen molar-refractivity contribution in [2.24, 2.45) is 5.10 Å². The number of rotatable bonds is 7. The number of hydrogen-bond acceptors (Lipinski definition) is 5. The molecule has 90 valence electrons. The highest BCUT2D eigenvalue weighted by molar-refractivity contribution is 5.77. The van der Waals surface area contributed by atoms with Crippen LogP contribution in [-0.4, -0.2) is 17.9 Å². The lowest BCUT2D eigenvalue weighted by molar-refractivity contribution is -0.806. The van der Waals surface area contributed by atoms with Gasteiger partial charge in [-0.2, -0.15) is 5.10 Å². The number of hydrazone groups is 1. The highest BCUT2D eigenvalue weighted by atomic mass is 16.8. The number of nitrogens with zero attached hydrogens (tertiary/aromatic N) is 3. The molecule has 6 nitrogen and oxygen atoms in total. The van der Waals surface area contributed by atoms with E-state index >= 15 is 0 Å². The fourth-order valence-electron chi connectivity index (χ4n) is 1.22. The van der Waals surface area contributed by atoms with Crippen LogP contribution in [0.2, 0.25) is 0 Å². The van der Waals surface area contributed by atoms with Crippen LogP contribution in [0.15, 0.2) is 9.73 Å². The molecule has 0 aliphatic rings. The molecule has 0 aromatic carbocycles. The Hall–Kier alpha value is -1.59. The summed E-state index contributed by atoms with van der Waals surface area (Å²) in [6.45, 7) is 4.65. The summed E-state index contributed by atoms with van der Waals surface area (Å²) in [5, 5.41) is 18.4. The van der Waals surface area contributed by atoms with Crippen molar-refractivity contribution in [3.05, 3.63) is 16.6 Å². The van der Waals surface area contributed by atoms with Gasteiger partial charge >= 0.3 is 0 Å². The number of aromatic nitrogens is 2. The lowest BCUT2D eigenvalue weighted by Gasteiger charge is -1.98. The molecule has 0 radical (unpaired) electrons. The average molecular weight is 226 g/mol. The minimum absolute atomic E-state index is 0.364. The summed E-state index contributed by atoms with van der Waals surface area (Å²) >= 11 is 0. The Labute approximate surface area is 94.9 Å². The van der Waals surface area contributed by atoms with Crippen LogP contribution in [0, 0.1) is 12.1 Å². The van der Waals surface area contributed by atoms with E-state index in [-0.39, 0.29) is 0 Å². The molecule has 0 unspecified atom stereocenters. The minimum Gasteiger partial charge on any atom is -0.359 e. The zero-order chi connectivity index (χ0) is 11.8. The van der Waals surface area contributed by atoms with Gasteiger partial charge in [-0.3, -0.25) is 4.63 Å². The van der Waals surface area contributed by atoms with E-state index in [1.165, 1.54) is 25.5 Å². The normalized spacial score (nSPS) is 11.1. The minimum atomic E-state index is 0.364. The maximum Gasteiger partial charge on any atom is 0.263 e. The second-order valence-electron chi connectivity index (χ2n) is 3.63.